The number of aromatic nitrogens is 2. The number of amides is 2. The molecule has 0 saturated carbocycles. The Labute approximate surface area is 230 Å². The Bertz CT molecular complexity index is 1480. The first-order valence-corrected chi connectivity index (χ1v) is 12.6. The Morgan fingerprint density at radius 1 is 1.10 bits per heavy atom. The molecule has 9 nitrogen and oxygen atoms in total. The van der Waals surface area contributed by atoms with Gasteiger partial charge >= 0.3 is 5.97 Å². The van der Waals surface area contributed by atoms with Crippen molar-refractivity contribution in [2.24, 2.45) is 0 Å². The molecule has 0 spiro atoms. The Morgan fingerprint density at radius 3 is 2.41 bits per heavy atom. The molecule has 2 aromatic carbocycles. The van der Waals surface area contributed by atoms with E-state index in [-0.39, 0.29) is 17.8 Å². The number of H-pyrrole nitrogens is 1. The summed E-state index contributed by atoms with van der Waals surface area (Å²) in [5.74, 6) is -1.13. The normalized spacial score (nSPS) is 12.1. The number of halogens is 1. The van der Waals surface area contributed by atoms with E-state index in [2.05, 4.69) is 15.3 Å². The number of carboxylic acid groups (broad SMARTS) is 1. The lowest BCUT2D eigenvalue weighted by Gasteiger charge is -2.31. The summed E-state index contributed by atoms with van der Waals surface area (Å²) in [5.41, 5.74) is 1.52. The highest BCUT2D eigenvalue weighted by atomic mass is 35.5. The third kappa shape index (κ3) is 6.74. The van der Waals surface area contributed by atoms with Crippen LogP contribution in [0.5, 0.6) is 5.75 Å². The Balaban J connectivity index is 1.67. The second-order valence-corrected chi connectivity index (χ2v) is 10.6. The van der Waals surface area contributed by atoms with Gasteiger partial charge in [0, 0.05) is 46.0 Å². The summed E-state index contributed by atoms with van der Waals surface area (Å²) in [6.45, 7) is 5.86. The number of nitrogens with one attached hydrogen (secondary N) is 2. The molecule has 1 unspecified atom stereocenters. The van der Waals surface area contributed by atoms with E-state index in [1.54, 1.807) is 54.9 Å². The molecular weight excluding hydrogens is 520 g/mol. The highest BCUT2D eigenvalue weighted by Crippen LogP contribution is 2.34. The smallest absolute Gasteiger partial charge is 0.352 e. The average molecular weight is 549 g/mol. The zero-order valence-corrected chi connectivity index (χ0v) is 22.5. The van der Waals surface area contributed by atoms with Crippen LogP contribution in [0.2, 0.25) is 5.02 Å². The molecule has 0 bridgehead atoms. The molecule has 0 radical (unpaired) electrons. The number of carboxylic acids is 1. The number of carbonyl (C=O) groups is 3. The highest BCUT2D eigenvalue weighted by Gasteiger charge is 2.35. The van der Waals surface area contributed by atoms with Crippen molar-refractivity contribution in [1.82, 2.24) is 20.2 Å². The maximum atomic E-state index is 13.6. The molecule has 0 saturated heterocycles. The zero-order chi connectivity index (χ0) is 28.2. The van der Waals surface area contributed by atoms with Gasteiger partial charge in [0.25, 0.3) is 0 Å². The van der Waals surface area contributed by atoms with Crippen LogP contribution in [0.3, 0.4) is 0 Å². The summed E-state index contributed by atoms with van der Waals surface area (Å²) in [4.78, 5) is 46.5. The number of rotatable bonds is 10. The van der Waals surface area contributed by atoms with E-state index >= 15 is 0 Å². The quantitative estimate of drug-likeness (QED) is 0.237. The Hall–Kier alpha value is -4.37. The standard InChI is InChI=1S/C29H29ClN4O5/c1-29(2,3)33-27(36)26(24-22-9-6-20(30)14-23(22)32-25(24)28(37)38)34(17-35)15-18-4-7-21(8-5-18)39-16-19-10-12-31-13-11-19/h4-14,17,26,32H,15-16H2,1-3H3,(H,33,36)(H,37,38). The minimum Gasteiger partial charge on any atom is -0.489 e. The van der Waals surface area contributed by atoms with E-state index in [1.807, 2.05) is 32.9 Å². The molecule has 2 heterocycles. The van der Waals surface area contributed by atoms with Crippen LogP contribution in [0.1, 0.15) is 54.0 Å². The van der Waals surface area contributed by atoms with Gasteiger partial charge in [-0.25, -0.2) is 4.79 Å². The van der Waals surface area contributed by atoms with Crippen molar-refractivity contribution in [3.63, 3.8) is 0 Å². The molecule has 2 aromatic heterocycles. The van der Waals surface area contributed by atoms with Crippen LogP contribution in [-0.2, 0) is 22.7 Å². The number of ether oxygens (including phenoxy) is 1. The molecular formula is C29H29ClN4O5. The minimum atomic E-state index is -1.26. The van der Waals surface area contributed by atoms with E-state index in [0.717, 1.165) is 11.1 Å². The van der Waals surface area contributed by atoms with Crippen molar-refractivity contribution in [1.29, 1.82) is 0 Å². The summed E-state index contributed by atoms with van der Waals surface area (Å²) in [6, 6.07) is 14.5. The van der Waals surface area contributed by atoms with Crippen LogP contribution in [0.25, 0.3) is 10.9 Å². The van der Waals surface area contributed by atoms with E-state index in [0.29, 0.717) is 34.7 Å². The summed E-state index contributed by atoms with van der Waals surface area (Å²) in [5, 5.41) is 13.8. The van der Waals surface area contributed by atoms with Crippen LogP contribution in [0.4, 0.5) is 0 Å². The van der Waals surface area contributed by atoms with Crippen molar-refractivity contribution in [2.45, 2.75) is 45.5 Å². The Morgan fingerprint density at radius 2 is 1.79 bits per heavy atom. The SMILES string of the molecule is CC(C)(C)NC(=O)C(c1c(C(=O)O)[nH]c2cc(Cl)ccc12)N(C=O)Cc1ccc(OCc2ccncc2)cc1. The van der Waals surface area contributed by atoms with Crippen molar-refractivity contribution in [2.75, 3.05) is 0 Å². The maximum Gasteiger partial charge on any atom is 0.352 e. The molecule has 39 heavy (non-hydrogen) atoms. The Kier molecular flexibility index (Phi) is 8.21. The van der Waals surface area contributed by atoms with Crippen LogP contribution < -0.4 is 10.1 Å². The zero-order valence-electron chi connectivity index (χ0n) is 21.8. The third-order valence-electron chi connectivity index (χ3n) is 5.95. The first-order chi connectivity index (χ1) is 18.6. The number of fused-ring (bicyclic) bond motifs is 1. The number of hydrogen-bond acceptors (Lipinski definition) is 5. The van der Waals surface area contributed by atoms with Crippen molar-refractivity contribution in [3.8, 4) is 5.75 Å². The van der Waals surface area contributed by atoms with E-state index < -0.39 is 23.5 Å². The minimum absolute atomic E-state index is 0.0513. The van der Waals surface area contributed by atoms with Gasteiger partial charge in [-0.2, -0.15) is 0 Å². The number of benzene rings is 2. The van der Waals surface area contributed by atoms with Gasteiger partial charge in [-0.05, 0) is 68.3 Å². The maximum absolute atomic E-state index is 13.6. The molecule has 2 amide bonds. The fraction of sp³-hybridized carbons (Fsp3) is 0.241. The fourth-order valence-corrected chi connectivity index (χ4v) is 4.44. The second kappa shape index (κ2) is 11.6. The number of nitrogens with zero attached hydrogens (tertiary/aromatic N) is 2. The van der Waals surface area contributed by atoms with E-state index in [1.165, 1.54) is 4.90 Å². The molecule has 4 aromatic rings. The van der Waals surface area contributed by atoms with E-state index in [4.69, 9.17) is 16.3 Å². The fourth-order valence-electron chi connectivity index (χ4n) is 4.27. The lowest BCUT2D eigenvalue weighted by atomic mass is 9.98. The van der Waals surface area contributed by atoms with Gasteiger partial charge in [-0.15, -0.1) is 0 Å². The van der Waals surface area contributed by atoms with Gasteiger partial charge < -0.3 is 25.0 Å². The number of hydrogen-bond donors (Lipinski definition) is 3. The highest BCUT2D eigenvalue weighted by molar-refractivity contribution is 6.31. The average Bonchev–Trinajstić information content (AvgIpc) is 3.26. The van der Waals surface area contributed by atoms with Gasteiger partial charge in [0.1, 0.15) is 24.1 Å². The number of pyridine rings is 1. The lowest BCUT2D eigenvalue weighted by molar-refractivity contribution is -0.134. The van der Waals surface area contributed by atoms with Crippen molar-refractivity contribution < 1.29 is 24.2 Å². The molecule has 0 aliphatic carbocycles. The van der Waals surface area contributed by atoms with Gasteiger partial charge in [-0.3, -0.25) is 14.6 Å². The first-order valence-electron chi connectivity index (χ1n) is 12.2. The number of aromatic carboxylic acids is 1. The summed E-state index contributed by atoms with van der Waals surface area (Å²) < 4.78 is 5.82. The largest absolute Gasteiger partial charge is 0.489 e. The van der Waals surface area contributed by atoms with Crippen LogP contribution in [0, 0.1) is 0 Å². The molecule has 202 valence electrons. The number of aromatic amines is 1. The molecule has 0 fully saturated rings. The molecule has 3 N–H and O–H groups in total. The van der Waals surface area contributed by atoms with Crippen LogP contribution in [0.15, 0.2) is 67.0 Å². The summed E-state index contributed by atoms with van der Waals surface area (Å²) in [6.07, 6.45) is 3.95. The molecule has 1 atom stereocenters. The predicted molar refractivity (Wildman–Crippen MR) is 148 cm³/mol. The first kappa shape index (κ1) is 27.7. The molecule has 0 aliphatic heterocycles. The van der Waals surface area contributed by atoms with Gasteiger partial charge in [0.05, 0.1) is 0 Å². The molecule has 0 aliphatic rings. The second-order valence-electron chi connectivity index (χ2n) is 10.1. The summed E-state index contributed by atoms with van der Waals surface area (Å²) in [7, 11) is 0. The number of carbonyl (C=O) groups excluding carboxylic acids is 2. The monoisotopic (exact) mass is 548 g/mol. The molecule has 4 rings (SSSR count). The van der Waals surface area contributed by atoms with Gasteiger partial charge in [0.2, 0.25) is 12.3 Å². The lowest BCUT2D eigenvalue weighted by Crippen LogP contribution is -2.47. The van der Waals surface area contributed by atoms with Crippen LogP contribution >= 0.6 is 11.6 Å². The molecule has 10 heteroatoms. The van der Waals surface area contributed by atoms with Gasteiger partial charge in [0.15, 0.2) is 0 Å². The van der Waals surface area contributed by atoms with Crippen molar-refractivity contribution >= 4 is 40.8 Å². The van der Waals surface area contributed by atoms with Gasteiger partial charge in [-0.1, -0.05) is 29.8 Å². The van der Waals surface area contributed by atoms with Crippen LogP contribution in [-0.4, -0.2) is 43.8 Å². The van der Waals surface area contributed by atoms with E-state index in [9.17, 15) is 19.5 Å². The van der Waals surface area contributed by atoms with Crippen molar-refractivity contribution in [3.05, 3.63) is 94.4 Å². The summed E-state index contributed by atoms with van der Waals surface area (Å²) >= 11 is 6.13. The topological polar surface area (TPSA) is 125 Å². The third-order valence-corrected chi connectivity index (χ3v) is 6.18. The predicted octanol–water partition coefficient (Wildman–Crippen LogP) is 5.11.